The molecule has 47 heavy (non-hydrogen) atoms. The monoisotopic (exact) mass is 666 g/mol. The number of ether oxygens (including phenoxy) is 2. The summed E-state index contributed by atoms with van der Waals surface area (Å²) in [5.74, 6) is -0.190. The zero-order valence-electron chi connectivity index (χ0n) is 32.0. The molecule has 0 atom stereocenters. The third-order valence-electron chi connectivity index (χ3n) is 9.55. The maximum atomic E-state index is 11.9. The summed E-state index contributed by atoms with van der Waals surface area (Å²) in [6.45, 7) is 6.52. The predicted octanol–water partition coefficient (Wildman–Crippen LogP) is 13.0. The molecule has 0 aliphatic heterocycles. The molecule has 0 unspecified atom stereocenters. The highest BCUT2D eigenvalue weighted by molar-refractivity contribution is 5.69. The molecular weight excluding hydrogens is 582 g/mol. The van der Waals surface area contributed by atoms with Crippen LogP contribution in [0.4, 0.5) is 0 Å². The molecule has 0 bridgehead atoms. The highest BCUT2D eigenvalue weighted by atomic mass is 16.5. The maximum Gasteiger partial charge on any atom is 0.305 e. The molecule has 0 heterocycles. The molecule has 0 aliphatic carbocycles. The number of carbonyl (C=O) groups excluding carboxylic acids is 2. The molecule has 0 saturated heterocycles. The first-order valence-corrected chi connectivity index (χ1v) is 21.2. The minimum atomic E-state index is -0.0950. The van der Waals surface area contributed by atoms with E-state index in [2.05, 4.69) is 19.2 Å². The lowest BCUT2D eigenvalue weighted by Gasteiger charge is -2.08. The van der Waals surface area contributed by atoms with Gasteiger partial charge in [0.2, 0.25) is 0 Å². The summed E-state index contributed by atoms with van der Waals surface area (Å²) in [5.41, 5.74) is 0. The molecule has 280 valence electrons. The van der Waals surface area contributed by atoms with Crippen LogP contribution in [0.25, 0.3) is 0 Å². The fourth-order valence-corrected chi connectivity index (χ4v) is 6.38. The highest BCUT2D eigenvalue weighted by Crippen LogP contribution is 2.15. The zero-order valence-corrected chi connectivity index (χ0v) is 32.0. The molecule has 0 spiro atoms. The molecule has 1 N–H and O–H groups in total. The average Bonchev–Trinajstić information content (AvgIpc) is 3.07. The van der Waals surface area contributed by atoms with Crippen LogP contribution in [0, 0.1) is 0 Å². The maximum absolute atomic E-state index is 11.9. The van der Waals surface area contributed by atoms with E-state index in [0.29, 0.717) is 39.1 Å². The van der Waals surface area contributed by atoms with E-state index < -0.39 is 0 Å². The molecule has 0 rings (SSSR count). The molecule has 0 radical (unpaired) electrons. The van der Waals surface area contributed by atoms with Gasteiger partial charge in [0, 0.05) is 25.9 Å². The summed E-state index contributed by atoms with van der Waals surface area (Å²) in [5, 5.41) is 3.19. The van der Waals surface area contributed by atoms with E-state index in [-0.39, 0.29) is 11.9 Å². The van der Waals surface area contributed by atoms with Crippen molar-refractivity contribution in [2.24, 2.45) is 0 Å². The van der Waals surface area contributed by atoms with Gasteiger partial charge in [0.25, 0.3) is 0 Å². The van der Waals surface area contributed by atoms with E-state index in [0.717, 1.165) is 25.7 Å². The van der Waals surface area contributed by atoms with Gasteiger partial charge in [0.05, 0.1) is 0 Å². The van der Waals surface area contributed by atoms with Crippen LogP contribution in [0.1, 0.15) is 232 Å². The largest absolute Gasteiger partial charge is 0.464 e. The van der Waals surface area contributed by atoms with Crippen LogP contribution < -0.4 is 5.32 Å². The first-order chi connectivity index (χ1) is 23.2. The fourth-order valence-electron chi connectivity index (χ4n) is 6.38. The summed E-state index contributed by atoms with van der Waals surface area (Å²) >= 11 is 0. The topological polar surface area (TPSA) is 64.6 Å². The number of hydrogen-bond acceptors (Lipinski definition) is 5. The lowest BCUT2D eigenvalue weighted by molar-refractivity contribution is -0.143. The third-order valence-corrected chi connectivity index (χ3v) is 9.55. The highest BCUT2D eigenvalue weighted by Gasteiger charge is 2.04. The molecule has 0 aromatic heterocycles. The number of unbranched alkanes of at least 4 members (excludes halogenated alkanes) is 30. The van der Waals surface area contributed by atoms with Crippen LogP contribution >= 0.6 is 0 Å². The van der Waals surface area contributed by atoms with Crippen molar-refractivity contribution in [1.29, 1.82) is 0 Å². The molecule has 0 saturated carbocycles. The summed E-state index contributed by atoms with van der Waals surface area (Å²) in [7, 11) is 0. The van der Waals surface area contributed by atoms with Gasteiger partial charge in [-0.15, -0.1) is 0 Å². The Bertz CT molecular complexity index is 574. The van der Waals surface area contributed by atoms with E-state index in [9.17, 15) is 9.59 Å². The van der Waals surface area contributed by atoms with Crippen molar-refractivity contribution in [2.75, 3.05) is 26.3 Å². The average molecular weight is 666 g/mol. The van der Waals surface area contributed by atoms with Crippen LogP contribution in [-0.4, -0.2) is 38.2 Å². The Morgan fingerprint density at radius 1 is 0.340 bits per heavy atom. The molecule has 0 aromatic rings. The van der Waals surface area contributed by atoms with Crippen molar-refractivity contribution in [2.45, 2.75) is 232 Å². The van der Waals surface area contributed by atoms with Gasteiger partial charge >= 0.3 is 11.9 Å². The lowest BCUT2D eigenvalue weighted by atomic mass is 10.0. The minimum absolute atomic E-state index is 0.0950. The number of rotatable bonds is 40. The summed E-state index contributed by atoms with van der Waals surface area (Å²) < 4.78 is 10.7. The van der Waals surface area contributed by atoms with Crippen LogP contribution in [0.3, 0.4) is 0 Å². The molecule has 0 fully saturated rings. The van der Waals surface area contributed by atoms with E-state index in [1.807, 2.05) is 0 Å². The molecule has 0 aliphatic rings. The van der Waals surface area contributed by atoms with Crippen molar-refractivity contribution in [3.63, 3.8) is 0 Å². The Morgan fingerprint density at radius 3 is 0.787 bits per heavy atom. The second-order valence-corrected chi connectivity index (χ2v) is 14.3. The van der Waals surface area contributed by atoms with Gasteiger partial charge in [-0.05, 0) is 12.8 Å². The zero-order chi connectivity index (χ0) is 34.1. The van der Waals surface area contributed by atoms with Crippen LogP contribution in [0.5, 0.6) is 0 Å². The normalized spacial score (nSPS) is 11.3. The third kappa shape index (κ3) is 41.0. The molecule has 5 heteroatoms. The summed E-state index contributed by atoms with van der Waals surface area (Å²) in [4.78, 5) is 23.9. The van der Waals surface area contributed by atoms with Gasteiger partial charge in [-0.25, -0.2) is 0 Å². The molecule has 0 aromatic carbocycles. The van der Waals surface area contributed by atoms with Crippen LogP contribution in [-0.2, 0) is 19.1 Å². The number of carbonyl (C=O) groups is 2. The van der Waals surface area contributed by atoms with Crippen LogP contribution in [0.2, 0.25) is 0 Å². The number of esters is 2. The Hall–Kier alpha value is -1.10. The van der Waals surface area contributed by atoms with Crippen molar-refractivity contribution >= 4 is 11.9 Å². The van der Waals surface area contributed by atoms with E-state index in [4.69, 9.17) is 9.47 Å². The number of hydrogen-bond donors (Lipinski definition) is 1. The Morgan fingerprint density at radius 2 is 0.553 bits per heavy atom. The standard InChI is InChI=1S/C42H83NO4/c1-3-5-7-9-11-13-15-17-19-21-23-25-27-29-31-33-35-41(44)46-39-37-43-38-40-47-42(45)36-34-32-30-28-26-24-22-20-18-16-14-12-10-8-6-4-2/h43H,3-40H2,1-2H3. The predicted molar refractivity (Wildman–Crippen MR) is 203 cm³/mol. The van der Waals surface area contributed by atoms with Gasteiger partial charge < -0.3 is 14.8 Å². The Balaban J connectivity index is 3.24. The van der Waals surface area contributed by atoms with Gasteiger partial charge in [-0.3, -0.25) is 9.59 Å². The van der Waals surface area contributed by atoms with Crippen molar-refractivity contribution in [3.8, 4) is 0 Å². The van der Waals surface area contributed by atoms with E-state index >= 15 is 0 Å². The first kappa shape index (κ1) is 45.9. The van der Waals surface area contributed by atoms with Crippen molar-refractivity contribution in [3.05, 3.63) is 0 Å². The minimum Gasteiger partial charge on any atom is -0.464 e. The lowest BCUT2D eigenvalue weighted by Crippen LogP contribution is -2.26. The fraction of sp³-hybridized carbons (Fsp3) is 0.952. The Kier molecular flexibility index (Phi) is 40.1. The summed E-state index contributed by atoms with van der Waals surface area (Å²) in [6.07, 6.45) is 43.8. The van der Waals surface area contributed by atoms with Gasteiger partial charge in [0.15, 0.2) is 0 Å². The molecular formula is C42H83NO4. The van der Waals surface area contributed by atoms with Gasteiger partial charge in [-0.1, -0.05) is 206 Å². The van der Waals surface area contributed by atoms with Crippen molar-refractivity contribution < 1.29 is 19.1 Å². The second-order valence-electron chi connectivity index (χ2n) is 14.3. The smallest absolute Gasteiger partial charge is 0.305 e. The second kappa shape index (κ2) is 41.1. The molecule has 5 nitrogen and oxygen atoms in total. The molecule has 0 amide bonds. The first-order valence-electron chi connectivity index (χ1n) is 21.2. The number of nitrogens with one attached hydrogen (secondary N) is 1. The quantitative estimate of drug-likeness (QED) is 0.0521. The van der Waals surface area contributed by atoms with Gasteiger partial charge in [0.1, 0.15) is 13.2 Å². The van der Waals surface area contributed by atoms with Crippen LogP contribution in [0.15, 0.2) is 0 Å². The summed E-state index contributed by atoms with van der Waals surface area (Å²) in [6, 6.07) is 0. The SMILES string of the molecule is CCCCCCCCCCCCCCCCCCC(=O)OCCNCCOC(=O)CCCCCCCCCCCCCCCCCC. The van der Waals surface area contributed by atoms with E-state index in [1.54, 1.807) is 0 Å². The van der Waals surface area contributed by atoms with E-state index in [1.165, 1.54) is 180 Å². The Labute approximate surface area is 294 Å². The van der Waals surface area contributed by atoms with Gasteiger partial charge in [-0.2, -0.15) is 0 Å². The van der Waals surface area contributed by atoms with Crippen molar-refractivity contribution in [1.82, 2.24) is 5.32 Å².